The molecule has 0 aliphatic heterocycles. The smallest absolute Gasteiger partial charge is 0.242 e. The van der Waals surface area contributed by atoms with E-state index in [1.54, 1.807) is 12.1 Å². The number of phenolic OH excluding ortho intramolecular Hbond substituents is 1. The van der Waals surface area contributed by atoms with E-state index in [0.29, 0.717) is 12.7 Å². The molecule has 0 saturated carbocycles. The molecule has 2 rings (SSSR count). The Kier molecular flexibility index (Phi) is 7.71. The fourth-order valence-corrected chi connectivity index (χ4v) is 2.67. The number of carbonyl (C=O) groups excluding carboxylic acids is 3. The van der Waals surface area contributed by atoms with Gasteiger partial charge in [-0.05, 0) is 43.0 Å². The second-order valence-electron chi connectivity index (χ2n) is 6.65. The zero-order chi connectivity index (χ0) is 20.5. The maximum atomic E-state index is 12.3. The molecule has 7 nitrogen and oxygen atoms in total. The van der Waals surface area contributed by atoms with E-state index in [2.05, 4.69) is 10.6 Å². The monoisotopic (exact) mass is 383 g/mol. The number of amides is 2. The van der Waals surface area contributed by atoms with Crippen LogP contribution in [-0.4, -0.2) is 41.3 Å². The Morgan fingerprint density at radius 1 is 0.964 bits per heavy atom. The number of hydrogen-bond acceptors (Lipinski definition) is 5. The highest BCUT2D eigenvalue weighted by Crippen LogP contribution is 2.11. The van der Waals surface area contributed by atoms with Crippen LogP contribution in [0.3, 0.4) is 0 Å². The Bertz CT molecular complexity index is 793. The maximum absolute atomic E-state index is 12.3. The average molecular weight is 383 g/mol. The summed E-state index contributed by atoms with van der Waals surface area (Å²) in [6, 6.07) is 13.4. The summed E-state index contributed by atoms with van der Waals surface area (Å²) < 4.78 is 0. The van der Waals surface area contributed by atoms with Crippen molar-refractivity contribution in [1.82, 2.24) is 10.6 Å². The molecule has 7 heteroatoms. The molecule has 0 radical (unpaired) electrons. The van der Waals surface area contributed by atoms with Gasteiger partial charge < -0.3 is 26.3 Å². The van der Waals surface area contributed by atoms with Crippen molar-refractivity contribution in [2.24, 2.45) is 5.73 Å². The lowest BCUT2D eigenvalue weighted by Crippen LogP contribution is -2.53. The summed E-state index contributed by atoms with van der Waals surface area (Å²) >= 11 is 0. The second-order valence-corrected chi connectivity index (χ2v) is 6.65. The van der Waals surface area contributed by atoms with Gasteiger partial charge >= 0.3 is 0 Å². The quantitative estimate of drug-likeness (QED) is 0.475. The van der Waals surface area contributed by atoms with Crippen molar-refractivity contribution in [1.29, 1.82) is 0 Å². The molecular weight excluding hydrogens is 358 g/mol. The van der Waals surface area contributed by atoms with E-state index in [-0.39, 0.29) is 12.2 Å². The highest BCUT2D eigenvalue weighted by Gasteiger charge is 2.22. The molecular formula is C21H25N3O4. The van der Waals surface area contributed by atoms with Crippen LogP contribution < -0.4 is 16.4 Å². The SMILES string of the molecule is C[C@@H](NC(=O)[C@@H](N)Cc1ccc(O)cc1)C(=O)N[C@H](C=O)Cc1ccccc1. The molecule has 0 unspecified atom stereocenters. The minimum atomic E-state index is -0.842. The topological polar surface area (TPSA) is 122 Å². The lowest BCUT2D eigenvalue weighted by atomic mass is 10.1. The van der Waals surface area contributed by atoms with Crippen molar-refractivity contribution >= 4 is 18.1 Å². The second kappa shape index (κ2) is 10.2. The van der Waals surface area contributed by atoms with E-state index in [0.717, 1.165) is 11.1 Å². The third-order valence-corrected chi connectivity index (χ3v) is 4.27. The first kappa shape index (κ1) is 21.1. The minimum absolute atomic E-state index is 0.132. The van der Waals surface area contributed by atoms with Gasteiger partial charge in [0, 0.05) is 0 Å². The molecule has 5 N–H and O–H groups in total. The summed E-state index contributed by atoms with van der Waals surface area (Å²) in [5.41, 5.74) is 7.62. The van der Waals surface area contributed by atoms with E-state index >= 15 is 0 Å². The molecule has 0 aliphatic carbocycles. The van der Waals surface area contributed by atoms with Gasteiger partial charge in [0.15, 0.2) is 0 Å². The van der Waals surface area contributed by atoms with Crippen LogP contribution in [0.2, 0.25) is 0 Å². The number of carbonyl (C=O) groups is 3. The molecule has 28 heavy (non-hydrogen) atoms. The molecule has 0 heterocycles. The molecule has 2 amide bonds. The summed E-state index contributed by atoms with van der Waals surface area (Å²) in [4.78, 5) is 35.8. The molecule has 0 spiro atoms. The van der Waals surface area contributed by atoms with Crippen LogP contribution in [0.5, 0.6) is 5.75 Å². The van der Waals surface area contributed by atoms with E-state index in [9.17, 15) is 19.5 Å². The lowest BCUT2D eigenvalue weighted by molar-refractivity contribution is -0.130. The van der Waals surface area contributed by atoms with Crippen molar-refractivity contribution in [2.75, 3.05) is 0 Å². The van der Waals surface area contributed by atoms with Crippen LogP contribution in [0.4, 0.5) is 0 Å². The number of nitrogens with two attached hydrogens (primary N) is 1. The molecule has 2 aromatic rings. The number of nitrogens with one attached hydrogen (secondary N) is 2. The predicted molar refractivity (Wildman–Crippen MR) is 106 cm³/mol. The van der Waals surface area contributed by atoms with Crippen LogP contribution in [0, 0.1) is 0 Å². The van der Waals surface area contributed by atoms with Crippen LogP contribution in [-0.2, 0) is 27.2 Å². The molecule has 3 atom stereocenters. The molecule has 0 aromatic heterocycles. The van der Waals surface area contributed by atoms with Crippen LogP contribution in [0.1, 0.15) is 18.1 Å². The minimum Gasteiger partial charge on any atom is -0.508 e. The van der Waals surface area contributed by atoms with Crippen molar-refractivity contribution in [2.45, 2.75) is 37.9 Å². The highest BCUT2D eigenvalue weighted by atomic mass is 16.3. The number of benzene rings is 2. The number of hydrogen-bond donors (Lipinski definition) is 4. The van der Waals surface area contributed by atoms with Crippen molar-refractivity contribution in [3.63, 3.8) is 0 Å². The summed E-state index contributed by atoms with van der Waals surface area (Å²) in [7, 11) is 0. The summed E-state index contributed by atoms with van der Waals surface area (Å²) in [5, 5.41) is 14.5. The van der Waals surface area contributed by atoms with E-state index in [1.807, 2.05) is 30.3 Å². The molecule has 0 bridgehead atoms. The van der Waals surface area contributed by atoms with Crippen LogP contribution in [0.15, 0.2) is 54.6 Å². The zero-order valence-corrected chi connectivity index (χ0v) is 15.7. The van der Waals surface area contributed by atoms with E-state index in [4.69, 9.17) is 5.73 Å². The van der Waals surface area contributed by atoms with Crippen molar-refractivity contribution < 1.29 is 19.5 Å². The van der Waals surface area contributed by atoms with Gasteiger partial charge in [0.05, 0.1) is 12.1 Å². The summed E-state index contributed by atoms with van der Waals surface area (Å²) in [5.74, 6) is -0.799. The highest BCUT2D eigenvalue weighted by molar-refractivity contribution is 5.90. The van der Waals surface area contributed by atoms with E-state index < -0.39 is 29.9 Å². The summed E-state index contributed by atoms with van der Waals surface area (Å²) in [6.45, 7) is 1.53. The van der Waals surface area contributed by atoms with Crippen LogP contribution in [0.25, 0.3) is 0 Å². The predicted octanol–water partition coefficient (Wildman–Crippen LogP) is 0.693. The fraction of sp³-hybridized carbons (Fsp3) is 0.286. The number of rotatable bonds is 9. The number of aromatic hydroxyl groups is 1. The number of aldehydes is 1. The van der Waals surface area contributed by atoms with Gasteiger partial charge in [-0.25, -0.2) is 0 Å². The first-order chi connectivity index (χ1) is 13.4. The largest absolute Gasteiger partial charge is 0.508 e. The van der Waals surface area contributed by atoms with Gasteiger partial charge in [-0.15, -0.1) is 0 Å². The first-order valence-electron chi connectivity index (χ1n) is 9.02. The summed E-state index contributed by atoms with van der Waals surface area (Å²) in [6.07, 6.45) is 1.32. The molecule has 0 aliphatic rings. The molecule has 0 fully saturated rings. The van der Waals surface area contributed by atoms with Crippen molar-refractivity contribution in [3.05, 3.63) is 65.7 Å². The maximum Gasteiger partial charge on any atom is 0.242 e. The van der Waals surface area contributed by atoms with Gasteiger partial charge in [0.25, 0.3) is 0 Å². The third-order valence-electron chi connectivity index (χ3n) is 4.27. The van der Waals surface area contributed by atoms with Gasteiger partial charge in [0.2, 0.25) is 11.8 Å². The standard InChI is InChI=1S/C21H25N3O4/c1-14(20(27)24-17(13-25)11-15-5-3-2-4-6-15)23-21(28)19(22)12-16-7-9-18(26)10-8-16/h2-10,13-14,17,19,26H,11-12,22H2,1H3,(H,23,28)(H,24,27)/t14-,17+,19+/m1/s1. The third kappa shape index (κ3) is 6.51. The Balaban J connectivity index is 1.85. The Morgan fingerprint density at radius 3 is 2.18 bits per heavy atom. The molecule has 2 aromatic carbocycles. The van der Waals surface area contributed by atoms with Gasteiger partial charge in [-0.3, -0.25) is 9.59 Å². The normalized spacial score (nSPS) is 13.8. The Labute approximate surface area is 163 Å². The average Bonchev–Trinajstić information content (AvgIpc) is 2.69. The van der Waals surface area contributed by atoms with Gasteiger partial charge in [0.1, 0.15) is 18.1 Å². The van der Waals surface area contributed by atoms with Crippen LogP contribution >= 0.6 is 0 Å². The lowest BCUT2D eigenvalue weighted by Gasteiger charge is -2.20. The molecule has 0 saturated heterocycles. The molecule has 148 valence electrons. The Hall–Kier alpha value is -3.19. The first-order valence-corrected chi connectivity index (χ1v) is 9.02. The van der Waals surface area contributed by atoms with Crippen molar-refractivity contribution in [3.8, 4) is 5.75 Å². The van der Waals surface area contributed by atoms with E-state index in [1.165, 1.54) is 19.1 Å². The van der Waals surface area contributed by atoms with Gasteiger partial charge in [-0.1, -0.05) is 42.5 Å². The van der Waals surface area contributed by atoms with Gasteiger partial charge in [-0.2, -0.15) is 0 Å². The number of phenols is 1. The Morgan fingerprint density at radius 2 is 1.57 bits per heavy atom. The fourth-order valence-electron chi connectivity index (χ4n) is 2.67. The zero-order valence-electron chi connectivity index (χ0n) is 15.7.